The van der Waals surface area contributed by atoms with Gasteiger partial charge in [0.05, 0.1) is 18.9 Å². The van der Waals surface area contributed by atoms with Crippen molar-refractivity contribution in [3.05, 3.63) is 42.0 Å². The molecule has 2 heterocycles. The number of aromatic amines is 1. The minimum absolute atomic E-state index is 0.0483. The maximum atomic E-state index is 12.8. The number of nitrogens with one attached hydrogen (secondary N) is 2. The number of benzene rings is 2. The number of carbonyl (C=O) groups excluding carboxylic acids is 2. The normalized spacial score (nSPS) is 14.9. The van der Waals surface area contributed by atoms with E-state index in [1.54, 1.807) is 11.0 Å². The number of ether oxygens (including phenoxy) is 1. The van der Waals surface area contributed by atoms with Crippen LogP contribution < -0.4 is 5.32 Å². The van der Waals surface area contributed by atoms with Crippen molar-refractivity contribution in [1.82, 2.24) is 9.88 Å². The molecule has 2 N–H and O–H groups in total. The van der Waals surface area contributed by atoms with E-state index in [4.69, 9.17) is 4.74 Å². The zero-order valence-corrected chi connectivity index (χ0v) is 13.0. The summed E-state index contributed by atoms with van der Waals surface area (Å²) >= 11 is 0. The third-order valence-electron chi connectivity index (χ3n) is 4.36. The van der Waals surface area contributed by atoms with Crippen molar-refractivity contribution in [2.45, 2.75) is 0 Å². The average Bonchev–Trinajstić information content (AvgIpc) is 3.00. The lowest BCUT2D eigenvalue weighted by atomic mass is 10.1. The summed E-state index contributed by atoms with van der Waals surface area (Å²) in [5.74, 6) is -0.0483. The number of morpholine rings is 1. The maximum absolute atomic E-state index is 12.8. The quantitative estimate of drug-likeness (QED) is 0.727. The third-order valence-corrected chi connectivity index (χ3v) is 4.36. The van der Waals surface area contributed by atoms with Crippen molar-refractivity contribution >= 4 is 39.8 Å². The molecule has 2 aromatic carbocycles. The van der Waals surface area contributed by atoms with Crippen molar-refractivity contribution in [2.24, 2.45) is 0 Å². The summed E-state index contributed by atoms with van der Waals surface area (Å²) in [5, 5.41) is 4.66. The van der Waals surface area contributed by atoms with Gasteiger partial charge in [-0.05, 0) is 18.2 Å². The molecule has 24 heavy (non-hydrogen) atoms. The van der Waals surface area contributed by atoms with E-state index in [2.05, 4.69) is 10.3 Å². The Hall–Kier alpha value is -2.86. The highest BCUT2D eigenvalue weighted by atomic mass is 16.5. The SMILES string of the molecule is O=CNc1cc(C(=O)N2CCOCC2)cc2[nH]c3ccccc3c12. The van der Waals surface area contributed by atoms with Gasteiger partial charge in [-0.15, -0.1) is 0 Å². The van der Waals surface area contributed by atoms with Crippen LogP contribution in [-0.2, 0) is 9.53 Å². The van der Waals surface area contributed by atoms with Gasteiger partial charge < -0.3 is 19.9 Å². The maximum Gasteiger partial charge on any atom is 0.254 e. The second kappa shape index (κ2) is 5.98. The van der Waals surface area contributed by atoms with E-state index in [1.807, 2.05) is 30.3 Å². The average molecular weight is 323 g/mol. The number of hydrogen-bond donors (Lipinski definition) is 2. The van der Waals surface area contributed by atoms with Crippen LogP contribution in [0.4, 0.5) is 5.69 Å². The van der Waals surface area contributed by atoms with Crippen molar-refractivity contribution in [1.29, 1.82) is 0 Å². The predicted octanol–water partition coefficient (Wildman–Crippen LogP) is 2.36. The number of aromatic nitrogens is 1. The second-order valence-electron chi connectivity index (χ2n) is 5.78. The Balaban J connectivity index is 1.86. The Morgan fingerprint density at radius 1 is 1.17 bits per heavy atom. The fraction of sp³-hybridized carbons (Fsp3) is 0.222. The first kappa shape index (κ1) is 14.7. The molecule has 0 radical (unpaired) electrons. The van der Waals surface area contributed by atoms with E-state index < -0.39 is 0 Å². The van der Waals surface area contributed by atoms with Crippen LogP contribution in [0.15, 0.2) is 36.4 Å². The molecule has 0 unspecified atom stereocenters. The molecule has 2 amide bonds. The summed E-state index contributed by atoms with van der Waals surface area (Å²) in [6.07, 6.45) is 0.638. The van der Waals surface area contributed by atoms with Gasteiger partial charge in [-0.25, -0.2) is 0 Å². The lowest BCUT2D eigenvalue weighted by molar-refractivity contribution is -0.105. The van der Waals surface area contributed by atoms with Gasteiger partial charge in [-0.2, -0.15) is 0 Å². The highest BCUT2D eigenvalue weighted by Gasteiger charge is 2.21. The van der Waals surface area contributed by atoms with Crippen molar-refractivity contribution in [3.8, 4) is 0 Å². The number of H-pyrrole nitrogens is 1. The smallest absolute Gasteiger partial charge is 0.254 e. The molecule has 0 atom stereocenters. The first-order chi connectivity index (χ1) is 11.8. The van der Waals surface area contributed by atoms with E-state index in [-0.39, 0.29) is 5.91 Å². The number of nitrogens with zero attached hydrogens (tertiary/aromatic N) is 1. The zero-order valence-electron chi connectivity index (χ0n) is 13.0. The molecule has 0 bridgehead atoms. The third kappa shape index (κ3) is 2.41. The van der Waals surface area contributed by atoms with Gasteiger partial charge in [-0.1, -0.05) is 18.2 Å². The molecule has 122 valence electrons. The minimum Gasteiger partial charge on any atom is -0.378 e. The topological polar surface area (TPSA) is 74.4 Å². The van der Waals surface area contributed by atoms with Gasteiger partial charge in [0, 0.05) is 40.5 Å². The zero-order chi connectivity index (χ0) is 16.5. The summed E-state index contributed by atoms with van der Waals surface area (Å²) in [7, 11) is 0. The standard InChI is InChI=1S/C18H17N3O3/c22-11-19-15-9-12(18(23)21-5-7-24-8-6-21)10-16-17(15)13-3-1-2-4-14(13)20-16/h1-4,9-11,20H,5-8H2,(H,19,22). The van der Waals surface area contributed by atoms with Crippen LogP contribution in [0.3, 0.4) is 0 Å². The van der Waals surface area contributed by atoms with Crippen molar-refractivity contribution in [2.75, 3.05) is 31.6 Å². The van der Waals surface area contributed by atoms with E-state index in [1.165, 1.54) is 0 Å². The molecule has 1 aliphatic heterocycles. The van der Waals surface area contributed by atoms with Gasteiger partial charge in [0.1, 0.15) is 0 Å². The molecule has 1 fully saturated rings. The molecule has 4 rings (SSSR count). The Morgan fingerprint density at radius 3 is 2.75 bits per heavy atom. The van der Waals surface area contributed by atoms with Crippen LogP contribution in [0, 0.1) is 0 Å². The number of anilines is 1. The summed E-state index contributed by atoms with van der Waals surface area (Å²) in [4.78, 5) is 28.9. The van der Waals surface area contributed by atoms with Crippen LogP contribution in [0.2, 0.25) is 0 Å². The van der Waals surface area contributed by atoms with Gasteiger partial charge in [0.15, 0.2) is 0 Å². The van der Waals surface area contributed by atoms with Crippen molar-refractivity contribution < 1.29 is 14.3 Å². The molecule has 6 heteroatoms. The van der Waals surface area contributed by atoms with E-state index >= 15 is 0 Å². The number of carbonyl (C=O) groups is 2. The first-order valence-corrected chi connectivity index (χ1v) is 7.89. The van der Waals surface area contributed by atoms with Gasteiger partial charge >= 0.3 is 0 Å². The highest BCUT2D eigenvalue weighted by molar-refractivity contribution is 6.16. The summed E-state index contributed by atoms with van der Waals surface area (Å²) in [5.41, 5.74) is 2.99. The Labute approximate surface area is 138 Å². The molecule has 1 aliphatic rings. The summed E-state index contributed by atoms with van der Waals surface area (Å²) < 4.78 is 5.30. The molecular weight excluding hydrogens is 306 g/mol. The van der Waals surface area contributed by atoms with Crippen LogP contribution in [-0.4, -0.2) is 48.5 Å². The van der Waals surface area contributed by atoms with Crippen LogP contribution >= 0.6 is 0 Å². The summed E-state index contributed by atoms with van der Waals surface area (Å²) in [6, 6.07) is 11.5. The van der Waals surface area contributed by atoms with Crippen LogP contribution in [0.1, 0.15) is 10.4 Å². The van der Waals surface area contributed by atoms with Gasteiger partial charge in [-0.3, -0.25) is 9.59 Å². The Kier molecular flexibility index (Phi) is 3.66. The number of para-hydroxylation sites is 1. The van der Waals surface area contributed by atoms with Crippen LogP contribution in [0.5, 0.6) is 0 Å². The minimum atomic E-state index is -0.0483. The molecule has 3 aromatic rings. The molecule has 6 nitrogen and oxygen atoms in total. The second-order valence-corrected chi connectivity index (χ2v) is 5.78. The van der Waals surface area contributed by atoms with E-state index in [0.29, 0.717) is 44.0 Å². The molecule has 1 aromatic heterocycles. The number of rotatable bonds is 3. The fourth-order valence-electron chi connectivity index (χ4n) is 3.24. The predicted molar refractivity (Wildman–Crippen MR) is 92.2 cm³/mol. The largest absolute Gasteiger partial charge is 0.378 e. The lowest BCUT2D eigenvalue weighted by Crippen LogP contribution is -2.40. The fourth-order valence-corrected chi connectivity index (χ4v) is 3.24. The van der Waals surface area contributed by atoms with Gasteiger partial charge in [0.25, 0.3) is 5.91 Å². The van der Waals surface area contributed by atoms with E-state index in [0.717, 1.165) is 21.8 Å². The lowest BCUT2D eigenvalue weighted by Gasteiger charge is -2.27. The van der Waals surface area contributed by atoms with Crippen LogP contribution in [0.25, 0.3) is 21.8 Å². The first-order valence-electron chi connectivity index (χ1n) is 7.89. The van der Waals surface area contributed by atoms with Gasteiger partial charge in [0.2, 0.25) is 6.41 Å². The Bertz CT molecular complexity index is 926. The molecule has 0 spiro atoms. The number of hydrogen-bond acceptors (Lipinski definition) is 3. The van der Waals surface area contributed by atoms with E-state index in [9.17, 15) is 9.59 Å². The Morgan fingerprint density at radius 2 is 1.96 bits per heavy atom. The number of fused-ring (bicyclic) bond motifs is 3. The molecule has 1 saturated heterocycles. The monoisotopic (exact) mass is 323 g/mol. The molecule has 0 aliphatic carbocycles. The highest BCUT2D eigenvalue weighted by Crippen LogP contribution is 2.33. The molecule has 0 saturated carbocycles. The molecular formula is C18H17N3O3. The number of amides is 2. The summed E-state index contributed by atoms with van der Waals surface area (Å²) in [6.45, 7) is 2.28. The van der Waals surface area contributed by atoms with Crippen molar-refractivity contribution in [3.63, 3.8) is 0 Å².